The average Bonchev–Trinajstić information content (AvgIpc) is 3.30. The zero-order valence-corrected chi connectivity index (χ0v) is 28.2. The van der Waals surface area contributed by atoms with Crippen LogP contribution in [0.3, 0.4) is 0 Å². The summed E-state index contributed by atoms with van der Waals surface area (Å²) < 4.78 is 8.00. The maximum absolute atomic E-state index is 13.4. The number of nitrogens with one attached hydrogen (secondary N) is 2. The fourth-order valence-electron chi connectivity index (χ4n) is 7.14. The topological polar surface area (TPSA) is 146 Å². The first kappa shape index (κ1) is 32.2. The molecule has 13 nitrogen and oxygen atoms in total. The molecule has 3 fully saturated rings. The summed E-state index contributed by atoms with van der Waals surface area (Å²) >= 11 is 3.42. The Morgan fingerprint density at radius 1 is 0.979 bits per heavy atom. The van der Waals surface area contributed by atoms with E-state index < -0.39 is 29.7 Å². The van der Waals surface area contributed by atoms with Gasteiger partial charge in [-0.1, -0.05) is 30.3 Å². The number of imide groups is 2. The number of carbonyl (C=O) groups excluding carboxylic acids is 4. The van der Waals surface area contributed by atoms with Gasteiger partial charge in [-0.15, -0.1) is 0 Å². The lowest BCUT2D eigenvalue weighted by molar-refractivity contribution is -0.136. The van der Waals surface area contributed by atoms with Crippen molar-refractivity contribution in [2.45, 2.75) is 49.9 Å². The van der Waals surface area contributed by atoms with Crippen LogP contribution >= 0.6 is 15.9 Å². The first-order valence-electron chi connectivity index (χ1n) is 16.0. The van der Waals surface area contributed by atoms with Gasteiger partial charge in [-0.25, -0.2) is 4.68 Å². The van der Waals surface area contributed by atoms with Crippen LogP contribution in [0.4, 0.5) is 5.69 Å². The summed E-state index contributed by atoms with van der Waals surface area (Å²) in [5.74, 6) is -1.50. The SMILES string of the molecule is CN1CC(Nc2cnn(C)c(=O)c2Br)CC(c2ccc(CN3CC(Oc4cccc5c4C(=O)N(C4CCC(=O)NC4=O)C5=O)C3)cc2)C1. The third-order valence-electron chi connectivity index (χ3n) is 9.58. The lowest BCUT2D eigenvalue weighted by Crippen LogP contribution is -2.54. The Bertz CT molecular complexity index is 1860. The summed E-state index contributed by atoms with van der Waals surface area (Å²) in [4.78, 5) is 68.3. The molecule has 4 aliphatic rings. The van der Waals surface area contributed by atoms with E-state index in [4.69, 9.17) is 4.74 Å². The van der Waals surface area contributed by atoms with Crippen molar-refractivity contribution >= 4 is 45.2 Å². The summed E-state index contributed by atoms with van der Waals surface area (Å²) in [6, 6.07) is 12.8. The number of nitrogens with zero attached hydrogens (tertiary/aromatic N) is 5. The number of aromatic nitrogens is 2. The van der Waals surface area contributed by atoms with Gasteiger partial charge in [0.2, 0.25) is 11.8 Å². The molecule has 0 aliphatic carbocycles. The van der Waals surface area contributed by atoms with Gasteiger partial charge in [0.1, 0.15) is 22.4 Å². The second kappa shape index (κ2) is 12.9. The predicted octanol–water partition coefficient (Wildman–Crippen LogP) is 2.11. The molecule has 1 aromatic heterocycles. The molecule has 0 bridgehead atoms. The number of rotatable bonds is 8. The molecular formula is C34H36BrN7O6. The van der Waals surface area contributed by atoms with Crippen LogP contribution in [0.25, 0.3) is 0 Å². The van der Waals surface area contributed by atoms with Crippen molar-refractivity contribution in [3.63, 3.8) is 0 Å². The number of anilines is 1. The smallest absolute Gasteiger partial charge is 0.282 e. The molecule has 3 unspecified atom stereocenters. The van der Waals surface area contributed by atoms with E-state index >= 15 is 0 Å². The Morgan fingerprint density at radius 3 is 2.50 bits per heavy atom. The number of likely N-dealkylation sites (tertiary alicyclic amines) is 2. The summed E-state index contributed by atoms with van der Waals surface area (Å²) in [6.45, 7) is 3.90. The molecule has 2 aromatic carbocycles. The number of piperidine rings is 2. The van der Waals surface area contributed by atoms with Crippen molar-refractivity contribution in [3.8, 4) is 5.75 Å². The fourth-order valence-corrected chi connectivity index (χ4v) is 7.61. The van der Waals surface area contributed by atoms with Gasteiger partial charge in [-0.2, -0.15) is 5.10 Å². The quantitative estimate of drug-likeness (QED) is 0.332. The first-order chi connectivity index (χ1) is 23.0. The van der Waals surface area contributed by atoms with E-state index in [1.54, 1.807) is 31.4 Å². The minimum atomic E-state index is -1.02. The molecule has 0 spiro atoms. The monoisotopic (exact) mass is 717 g/mol. The lowest BCUT2D eigenvalue weighted by Gasteiger charge is -2.39. The van der Waals surface area contributed by atoms with E-state index in [0.717, 1.165) is 31.0 Å². The number of benzene rings is 2. The molecule has 4 amide bonds. The highest BCUT2D eigenvalue weighted by molar-refractivity contribution is 9.10. The number of carbonyl (C=O) groups is 4. The zero-order valence-electron chi connectivity index (χ0n) is 26.6. The molecule has 5 heterocycles. The number of halogens is 1. The van der Waals surface area contributed by atoms with Crippen LogP contribution in [0.15, 0.2) is 57.9 Å². The Labute approximate surface area is 285 Å². The van der Waals surface area contributed by atoms with Crippen LogP contribution in [-0.2, 0) is 23.2 Å². The molecule has 2 N–H and O–H groups in total. The lowest BCUT2D eigenvalue weighted by atomic mass is 9.87. The van der Waals surface area contributed by atoms with Crippen molar-refractivity contribution in [1.29, 1.82) is 0 Å². The van der Waals surface area contributed by atoms with Gasteiger partial charge in [-0.3, -0.25) is 39.1 Å². The van der Waals surface area contributed by atoms with E-state index in [1.165, 1.54) is 15.8 Å². The summed E-state index contributed by atoms with van der Waals surface area (Å²) in [5.41, 5.74) is 3.36. The second-order valence-corrected chi connectivity index (χ2v) is 13.9. The highest BCUT2D eigenvalue weighted by Crippen LogP contribution is 2.35. The number of hydrogen-bond acceptors (Lipinski definition) is 10. The van der Waals surface area contributed by atoms with Gasteiger partial charge in [0, 0.05) is 52.2 Å². The van der Waals surface area contributed by atoms with Crippen LogP contribution in [0.5, 0.6) is 5.75 Å². The zero-order chi connectivity index (χ0) is 33.7. The Balaban J connectivity index is 0.937. The van der Waals surface area contributed by atoms with Crippen molar-refractivity contribution in [1.82, 2.24) is 29.8 Å². The average molecular weight is 719 g/mol. The van der Waals surface area contributed by atoms with E-state index in [9.17, 15) is 24.0 Å². The van der Waals surface area contributed by atoms with Crippen molar-refractivity contribution < 1.29 is 23.9 Å². The molecule has 4 aliphatic heterocycles. The minimum absolute atomic E-state index is 0.0685. The molecule has 250 valence electrons. The third-order valence-corrected chi connectivity index (χ3v) is 10.3. The van der Waals surface area contributed by atoms with Crippen LogP contribution in [0.2, 0.25) is 0 Å². The molecule has 0 radical (unpaired) electrons. The van der Waals surface area contributed by atoms with Gasteiger partial charge in [0.15, 0.2) is 0 Å². The number of ether oxygens (including phenoxy) is 1. The largest absolute Gasteiger partial charge is 0.487 e. The molecule has 3 aromatic rings. The number of hydrogen-bond donors (Lipinski definition) is 2. The predicted molar refractivity (Wildman–Crippen MR) is 179 cm³/mol. The van der Waals surface area contributed by atoms with E-state index in [-0.39, 0.29) is 41.7 Å². The van der Waals surface area contributed by atoms with Crippen LogP contribution in [0.1, 0.15) is 57.0 Å². The molecule has 3 saturated heterocycles. The van der Waals surface area contributed by atoms with Gasteiger partial charge >= 0.3 is 0 Å². The molecule has 7 rings (SSSR count). The minimum Gasteiger partial charge on any atom is -0.487 e. The number of amides is 4. The van der Waals surface area contributed by atoms with Gasteiger partial charge in [0.05, 0.1) is 23.0 Å². The Hall–Kier alpha value is -4.40. The van der Waals surface area contributed by atoms with Crippen LogP contribution in [-0.4, -0.2) is 99.5 Å². The summed E-state index contributed by atoms with van der Waals surface area (Å²) in [6.07, 6.45) is 2.64. The van der Waals surface area contributed by atoms with E-state index in [1.807, 2.05) is 0 Å². The highest BCUT2D eigenvalue weighted by Gasteiger charge is 2.46. The first-order valence-corrected chi connectivity index (χ1v) is 16.8. The molecule has 3 atom stereocenters. The van der Waals surface area contributed by atoms with Gasteiger partial charge in [0.25, 0.3) is 17.4 Å². The van der Waals surface area contributed by atoms with E-state index in [2.05, 4.69) is 72.8 Å². The third kappa shape index (κ3) is 6.15. The number of fused-ring (bicyclic) bond motifs is 1. The van der Waals surface area contributed by atoms with Gasteiger partial charge in [-0.05, 0) is 65.0 Å². The molecular weight excluding hydrogens is 682 g/mol. The molecule has 0 saturated carbocycles. The van der Waals surface area contributed by atoms with Crippen LogP contribution in [0, 0.1) is 0 Å². The Kier molecular flexibility index (Phi) is 8.64. The maximum Gasteiger partial charge on any atom is 0.282 e. The van der Waals surface area contributed by atoms with Crippen molar-refractivity contribution in [2.24, 2.45) is 7.05 Å². The molecule has 48 heavy (non-hydrogen) atoms. The standard InChI is InChI=1S/C34H36BrN7O6/c1-39-15-21(12-22(16-39)37-25-13-36-40(2)34(47)30(25)35)20-8-6-19(7-9-20)14-41-17-23(18-41)48-27-5-3-4-24-29(27)33(46)42(32(24)45)26-10-11-28(43)38-31(26)44/h3-9,13,21-23,26,37H,10-12,14-18H2,1-2H3,(H,38,43,44). The maximum atomic E-state index is 13.4. The van der Waals surface area contributed by atoms with Crippen LogP contribution < -0.4 is 20.9 Å². The fraction of sp³-hybridized carbons (Fsp3) is 0.412. The highest BCUT2D eigenvalue weighted by atomic mass is 79.9. The van der Waals surface area contributed by atoms with Gasteiger partial charge < -0.3 is 15.0 Å². The Morgan fingerprint density at radius 2 is 1.75 bits per heavy atom. The summed E-state index contributed by atoms with van der Waals surface area (Å²) in [7, 11) is 3.74. The van der Waals surface area contributed by atoms with E-state index in [0.29, 0.717) is 34.9 Å². The number of aryl methyl sites for hydroxylation is 1. The summed E-state index contributed by atoms with van der Waals surface area (Å²) in [5, 5.41) is 9.89. The second-order valence-electron chi connectivity index (χ2n) is 13.1. The normalized spacial score (nSPS) is 23.6. The van der Waals surface area contributed by atoms with Crippen molar-refractivity contribution in [2.75, 3.05) is 38.5 Å². The number of likely N-dealkylation sites (N-methyl/N-ethyl adjacent to an activating group) is 1. The molecule has 14 heteroatoms. The van der Waals surface area contributed by atoms with Crippen molar-refractivity contribution in [3.05, 3.63) is 85.7 Å².